The van der Waals surface area contributed by atoms with Crippen LogP contribution in [0.25, 0.3) is 0 Å². The van der Waals surface area contributed by atoms with Crippen LogP contribution in [0.2, 0.25) is 0 Å². The summed E-state index contributed by atoms with van der Waals surface area (Å²) in [5, 5.41) is 7.37. The summed E-state index contributed by atoms with van der Waals surface area (Å²) in [5.74, 6) is -0.170. The SMILES string of the molecule is Cc1nn(CC(=O)N[C@@H]2CCCc3ccccc32)c(C)c1S(=O)(=O)N(C)C. The van der Waals surface area contributed by atoms with Crippen molar-refractivity contribution in [2.75, 3.05) is 14.1 Å². The number of rotatable bonds is 5. The van der Waals surface area contributed by atoms with E-state index < -0.39 is 10.0 Å². The first-order valence-corrected chi connectivity index (χ1v) is 10.5. The van der Waals surface area contributed by atoms with E-state index in [1.807, 2.05) is 12.1 Å². The molecule has 1 aromatic carbocycles. The predicted molar refractivity (Wildman–Crippen MR) is 103 cm³/mol. The Bertz CT molecular complexity index is 963. The van der Waals surface area contributed by atoms with Crippen LogP contribution in [-0.4, -0.2) is 42.5 Å². The van der Waals surface area contributed by atoms with Gasteiger partial charge in [0, 0.05) is 14.1 Å². The highest BCUT2D eigenvalue weighted by Crippen LogP contribution is 2.29. The van der Waals surface area contributed by atoms with Crippen LogP contribution in [0.15, 0.2) is 29.2 Å². The minimum absolute atomic E-state index is 0.00567. The molecule has 1 atom stereocenters. The van der Waals surface area contributed by atoms with E-state index in [4.69, 9.17) is 0 Å². The third kappa shape index (κ3) is 3.77. The number of nitrogens with one attached hydrogen (secondary N) is 1. The molecular formula is C19H26N4O3S. The number of nitrogens with zero attached hydrogens (tertiary/aromatic N) is 3. The Morgan fingerprint density at radius 2 is 2.00 bits per heavy atom. The lowest BCUT2D eigenvalue weighted by Crippen LogP contribution is -2.34. The quantitative estimate of drug-likeness (QED) is 0.846. The number of carbonyl (C=O) groups excluding carboxylic acids is 1. The van der Waals surface area contributed by atoms with Gasteiger partial charge in [-0.25, -0.2) is 12.7 Å². The molecule has 0 bridgehead atoms. The van der Waals surface area contributed by atoms with E-state index in [2.05, 4.69) is 22.5 Å². The maximum atomic E-state index is 12.6. The van der Waals surface area contributed by atoms with E-state index in [9.17, 15) is 13.2 Å². The maximum absolute atomic E-state index is 12.6. The summed E-state index contributed by atoms with van der Waals surface area (Å²) in [6.07, 6.45) is 2.97. The third-order valence-corrected chi connectivity index (χ3v) is 7.12. The molecule has 7 nitrogen and oxygen atoms in total. The molecule has 1 aliphatic carbocycles. The van der Waals surface area contributed by atoms with Gasteiger partial charge in [0.2, 0.25) is 15.9 Å². The molecule has 0 unspecified atom stereocenters. The molecule has 1 aliphatic rings. The topological polar surface area (TPSA) is 84.3 Å². The van der Waals surface area contributed by atoms with Crippen LogP contribution < -0.4 is 5.32 Å². The van der Waals surface area contributed by atoms with Crippen molar-refractivity contribution >= 4 is 15.9 Å². The van der Waals surface area contributed by atoms with Gasteiger partial charge >= 0.3 is 0 Å². The molecule has 0 aliphatic heterocycles. The fourth-order valence-corrected chi connectivity index (χ4v) is 4.93. The van der Waals surface area contributed by atoms with Crippen LogP contribution in [0.3, 0.4) is 0 Å². The third-order valence-electron chi connectivity index (χ3n) is 5.05. The van der Waals surface area contributed by atoms with Crippen LogP contribution in [-0.2, 0) is 27.8 Å². The van der Waals surface area contributed by atoms with Crippen molar-refractivity contribution < 1.29 is 13.2 Å². The molecule has 1 amide bonds. The molecule has 0 spiro atoms. The van der Waals surface area contributed by atoms with E-state index in [0.29, 0.717) is 11.4 Å². The molecule has 3 rings (SSSR count). The zero-order valence-electron chi connectivity index (χ0n) is 16.2. The molecule has 146 valence electrons. The molecule has 0 saturated carbocycles. The molecule has 1 N–H and O–H groups in total. The number of hydrogen-bond donors (Lipinski definition) is 1. The average molecular weight is 391 g/mol. The minimum atomic E-state index is -3.60. The number of aryl methyl sites for hydroxylation is 2. The molecule has 2 aromatic rings. The second-order valence-corrected chi connectivity index (χ2v) is 9.24. The first-order chi connectivity index (χ1) is 12.7. The van der Waals surface area contributed by atoms with Crippen LogP contribution in [0.4, 0.5) is 0 Å². The second-order valence-electron chi connectivity index (χ2n) is 7.16. The Balaban J connectivity index is 1.79. The molecule has 0 saturated heterocycles. The van der Waals surface area contributed by atoms with Gasteiger partial charge in [0.05, 0.1) is 17.4 Å². The number of aromatic nitrogens is 2. The van der Waals surface area contributed by atoms with Gasteiger partial charge in [0.25, 0.3) is 0 Å². The van der Waals surface area contributed by atoms with Crippen molar-refractivity contribution in [1.82, 2.24) is 19.4 Å². The Morgan fingerprint density at radius 1 is 1.30 bits per heavy atom. The summed E-state index contributed by atoms with van der Waals surface area (Å²) >= 11 is 0. The minimum Gasteiger partial charge on any atom is -0.348 e. The van der Waals surface area contributed by atoms with Crippen molar-refractivity contribution in [2.45, 2.75) is 50.6 Å². The highest BCUT2D eigenvalue weighted by molar-refractivity contribution is 7.89. The van der Waals surface area contributed by atoms with Crippen molar-refractivity contribution in [3.63, 3.8) is 0 Å². The molecule has 1 heterocycles. The van der Waals surface area contributed by atoms with E-state index in [1.165, 1.54) is 29.9 Å². The van der Waals surface area contributed by atoms with Gasteiger partial charge < -0.3 is 5.32 Å². The van der Waals surface area contributed by atoms with Gasteiger partial charge in [-0.1, -0.05) is 24.3 Å². The van der Waals surface area contributed by atoms with E-state index >= 15 is 0 Å². The Morgan fingerprint density at radius 3 is 2.70 bits per heavy atom. The summed E-state index contributed by atoms with van der Waals surface area (Å²) in [7, 11) is -0.632. The molecule has 1 aromatic heterocycles. The highest BCUT2D eigenvalue weighted by atomic mass is 32.2. The van der Waals surface area contributed by atoms with Crippen LogP contribution >= 0.6 is 0 Å². The van der Waals surface area contributed by atoms with Crippen molar-refractivity contribution in [2.24, 2.45) is 0 Å². The smallest absolute Gasteiger partial charge is 0.246 e. The van der Waals surface area contributed by atoms with Crippen LogP contribution in [0.1, 0.15) is 41.4 Å². The predicted octanol–water partition coefficient (Wildman–Crippen LogP) is 1.94. The lowest BCUT2D eigenvalue weighted by atomic mass is 9.88. The average Bonchev–Trinajstić information content (AvgIpc) is 2.89. The van der Waals surface area contributed by atoms with Gasteiger partial charge in [-0.3, -0.25) is 9.48 Å². The lowest BCUT2D eigenvalue weighted by Gasteiger charge is -2.26. The van der Waals surface area contributed by atoms with Gasteiger partial charge in [-0.05, 0) is 44.2 Å². The summed E-state index contributed by atoms with van der Waals surface area (Å²) in [5.41, 5.74) is 3.32. The zero-order chi connectivity index (χ0) is 19.8. The molecule has 8 heteroatoms. The van der Waals surface area contributed by atoms with Crippen molar-refractivity contribution in [3.05, 3.63) is 46.8 Å². The first kappa shape index (κ1) is 19.6. The van der Waals surface area contributed by atoms with Crippen molar-refractivity contribution in [3.8, 4) is 0 Å². The number of amides is 1. The van der Waals surface area contributed by atoms with E-state index in [-0.39, 0.29) is 23.4 Å². The molecule has 27 heavy (non-hydrogen) atoms. The monoisotopic (exact) mass is 390 g/mol. The van der Waals surface area contributed by atoms with Crippen LogP contribution in [0.5, 0.6) is 0 Å². The number of carbonyl (C=O) groups is 1. The summed E-state index contributed by atoms with van der Waals surface area (Å²) in [6.45, 7) is 3.32. The Labute approximate surface area is 160 Å². The lowest BCUT2D eigenvalue weighted by molar-refractivity contribution is -0.122. The second kappa shape index (κ2) is 7.44. The van der Waals surface area contributed by atoms with Gasteiger partial charge in [0.1, 0.15) is 11.4 Å². The summed E-state index contributed by atoms with van der Waals surface area (Å²) in [4.78, 5) is 12.8. The normalized spacial score (nSPS) is 17.0. The van der Waals surface area contributed by atoms with Gasteiger partial charge in [-0.2, -0.15) is 5.10 Å². The number of fused-ring (bicyclic) bond motifs is 1. The van der Waals surface area contributed by atoms with Crippen molar-refractivity contribution in [1.29, 1.82) is 0 Å². The zero-order valence-corrected chi connectivity index (χ0v) is 17.0. The van der Waals surface area contributed by atoms with Crippen LogP contribution in [0, 0.1) is 13.8 Å². The van der Waals surface area contributed by atoms with E-state index in [0.717, 1.165) is 23.6 Å². The Kier molecular flexibility index (Phi) is 5.39. The number of hydrogen-bond acceptors (Lipinski definition) is 4. The summed E-state index contributed by atoms with van der Waals surface area (Å²) < 4.78 is 27.6. The molecule has 0 fully saturated rings. The number of benzene rings is 1. The fraction of sp³-hybridized carbons (Fsp3) is 0.474. The molecular weight excluding hydrogens is 364 g/mol. The first-order valence-electron chi connectivity index (χ1n) is 9.05. The Hall–Kier alpha value is -2.19. The fourth-order valence-electron chi connectivity index (χ4n) is 3.67. The maximum Gasteiger partial charge on any atom is 0.246 e. The van der Waals surface area contributed by atoms with Gasteiger partial charge in [-0.15, -0.1) is 0 Å². The standard InChI is InChI=1S/C19H26N4O3S/c1-13-19(27(25,26)22(3)4)14(2)23(21-13)12-18(24)20-17-11-7-9-15-8-5-6-10-16(15)17/h5-6,8,10,17H,7,9,11-12H2,1-4H3,(H,20,24)/t17-/m1/s1. The molecule has 0 radical (unpaired) electrons. The largest absolute Gasteiger partial charge is 0.348 e. The summed E-state index contributed by atoms with van der Waals surface area (Å²) in [6, 6.07) is 8.16. The van der Waals surface area contributed by atoms with E-state index in [1.54, 1.807) is 13.8 Å². The number of sulfonamides is 1. The highest BCUT2D eigenvalue weighted by Gasteiger charge is 2.28. The van der Waals surface area contributed by atoms with Gasteiger partial charge in [0.15, 0.2) is 0 Å².